The predicted molar refractivity (Wildman–Crippen MR) is 76.9 cm³/mol. The summed E-state index contributed by atoms with van der Waals surface area (Å²) in [6.45, 7) is 5.88. The Morgan fingerprint density at radius 3 is 2.72 bits per heavy atom. The number of likely N-dealkylation sites (N-methyl/N-ethyl adjacent to an activating group) is 1. The van der Waals surface area contributed by atoms with E-state index in [4.69, 9.17) is 5.41 Å². The van der Waals surface area contributed by atoms with E-state index >= 15 is 0 Å². The van der Waals surface area contributed by atoms with Crippen LogP contribution in [0.3, 0.4) is 0 Å². The van der Waals surface area contributed by atoms with E-state index in [0.717, 1.165) is 0 Å². The van der Waals surface area contributed by atoms with Crippen LogP contribution in [0.1, 0.15) is 36.3 Å². The normalized spacial score (nSPS) is 16.8. The van der Waals surface area contributed by atoms with Crippen molar-refractivity contribution in [2.24, 2.45) is 5.92 Å². The maximum atomic E-state index is 8.38. The fourth-order valence-electron chi connectivity index (χ4n) is 2.61. The fourth-order valence-corrected chi connectivity index (χ4v) is 2.61. The first-order valence-electron chi connectivity index (χ1n) is 6.64. The van der Waals surface area contributed by atoms with Crippen molar-refractivity contribution >= 4 is 5.84 Å². The van der Waals surface area contributed by atoms with Crippen LogP contribution in [0, 0.1) is 18.3 Å². The molecule has 18 heavy (non-hydrogen) atoms. The highest BCUT2D eigenvalue weighted by molar-refractivity contribution is 5.87. The van der Waals surface area contributed by atoms with Gasteiger partial charge < -0.3 is 4.90 Å². The molecule has 1 aromatic rings. The smallest absolute Gasteiger partial charge is 0.107 e. The number of benzene rings is 1. The van der Waals surface area contributed by atoms with Gasteiger partial charge >= 0.3 is 0 Å². The van der Waals surface area contributed by atoms with Gasteiger partial charge in [-0.3, -0.25) is 5.41 Å². The molecule has 0 aromatic heterocycles. The molecule has 1 fully saturated rings. The quantitative estimate of drug-likeness (QED) is 0.628. The third-order valence-corrected chi connectivity index (χ3v) is 3.97. The number of amidine groups is 1. The molecular weight excluding hydrogens is 220 g/mol. The summed E-state index contributed by atoms with van der Waals surface area (Å²) in [5, 5.41) is 8.38. The molecule has 0 heterocycles. The minimum atomic E-state index is 0.224. The highest BCUT2D eigenvalue weighted by Gasteiger charge is 2.32. The number of nitrogens with zero attached hydrogens (tertiary/aromatic N) is 1. The zero-order valence-corrected chi connectivity index (χ0v) is 11.3. The first-order valence-corrected chi connectivity index (χ1v) is 6.64. The molecule has 0 aliphatic heterocycles. The van der Waals surface area contributed by atoms with Crippen molar-refractivity contribution in [2.75, 3.05) is 7.05 Å². The second-order valence-corrected chi connectivity index (χ2v) is 5.26. The maximum absolute atomic E-state index is 8.38. The molecule has 1 saturated carbocycles. The molecule has 0 saturated heterocycles. The van der Waals surface area contributed by atoms with Gasteiger partial charge in [0.25, 0.3) is 0 Å². The van der Waals surface area contributed by atoms with Crippen LogP contribution >= 0.6 is 0 Å². The highest BCUT2D eigenvalue weighted by atomic mass is 15.1. The average Bonchev–Trinajstić information content (AvgIpc) is 2.31. The molecule has 96 valence electrons. The summed E-state index contributed by atoms with van der Waals surface area (Å²) in [4.78, 5) is 1.84. The van der Waals surface area contributed by atoms with Crippen molar-refractivity contribution in [3.8, 4) is 0 Å². The van der Waals surface area contributed by atoms with E-state index in [0.29, 0.717) is 11.8 Å². The zero-order valence-electron chi connectivity index (χ0n) is 11.3. The number of rotatable bonds is 4. The van der Waals surface area contributed by atoms with E-state index in [-0.39, 0.29) is 5.92 Å². The van der Waals surface area contributed by atoms with E-state index in [1.165, 1.54) is 30.4 Å². The van der Waals surface area contributed by atoms with Crippen molar-refractivity contribution in [3.63, 3.8) is 0 Å². The molecule has 1 atom stereocenters. The summed E-state index contributed by atoms with van der Waals surface area (Å²) < 4.78 is 0. The molecule has 2 heteroatoms. The molecule has 0 bridgehead atoms. The van der Waals surface area contributed by atoms with E-state index < -0.39 is 0 Å². The summed E-state index contributed by atoms with van der Waals surface area (Å²) in [6, 6.07) is 8.58. The Labute approximate surface area is 110 Å². The van der Waals surface area contributed by atoms with Crippen LogP contribution in [0.25, 0.3) is 0 Å². The summed E-state index contributed by atoms with van der Waals surface area (Å²) in [6.07, 6.45) is 5.51. The minimum Gasteiger partial charge on any atom is -0.340 e. The molecular formula is C16H22N2. The summed E-state index contributed by atoms with van der Waals surface area (Å²) in [5.41, 5.74) is 2.55. The third kappa shape index (κ3) is 2.47. The van der Waals surface area contributed by atoms with E-state index in [2.05, 4.69) is 37.8 Å². The molecule has 0 amide bonds. The van der Waals surface area contributed by atoms with Crippen molar-refractivity contribution < 1.29 is 0 Å². The summed E-state index contributed by atoms with van der Waals surface area (Å²) in [7, 11) is 1.91. The fraction of sp³-hybridized carbons (Fsp3) is 0.438. The van der Waals surface area contributed by atoms with Gasteiger partial charge in [0.1, 0.15) is 5.84 Å². The molecule has 0 spiro atoms. The van der Waals surface area contributed by atoms with Crippen LogP contribution in [-0.2, 0) is 0 Å². The first kappa shape index (κ1) is 12.9. The van der Waals surface area contributed by atoms with E-state index in [1.54, 1.807) is 6.20 Å². The van der Waals surface area contributed by atoms with Crippen LogP contribution in [0.2, 0.25) is 0 Å². The largest absolute Gasteiger partial charge is 0.340 e. The number of nitrogens with one attached hydrogen (secondary N) is 1. The standard InChI is InChI=1S/C16H22N2/c1-4-18(3)16(17)15(13-8-6-9-13)14-10-5-7-12(2)11-14/h4-5,7,10-11,13,15,17H,1,6,8-9H2,2-3H3/t15-/m1/s1. The van der Waals surface area contributed by atoms with Gasteiger partial charge in [0.2, 0.25) is 0 Å². The Kier molecular flexibility index (Phi) is 3.85. The van der Waals surface area contributed by atoms with Crippen molar-refractivity contribution in [2.45, 2.75) is 32.1 Å². The van der Waals surface area contributed by atoms with E-state index in [9.17, 15) is 0 Å². The molecule has 1 aromatic carbocycles. The molecule has 2 rings (SSSR count). The van der Waals surface area contributed by atoms with Gasteiger partial charge in [0, 0.05) is 13.0 Å². The van der Waals surface area contributed by atoms with Crippen molar-refractivity contribution in [1.29, 1.82) is 5.41 Å². The monoisotopic (exact) mass is 242 g/mol. The van der Waals surface area contributed by atoms with Crippen LogP contribution in [0.15, 0.2) is 37.0 Å². The third-order valence-electron chi connectivity index (χ3n) is 3.97. The SMILES string of the molecule is C=CN(C)C(=N)[C@@H](c1cccc(C)c1)C1CCC1. The Hall–Kier alpha value is -1.57. The Morgan fingerprint density at radius 2 is 2.22 bits per heavy atom. The van der Waals surface area contributed by atoms with Crippen LogP contribution < -0.4 is 0 Å². The van der Waals surface area contributed by atoms with Gasteiger partial charge in [-0.15, -0.1) is 0 Å². The second kappa shape index (κ2) is 5.38. The average molecular weight is 242 g/mol. The molecule has 0 radical (unpaired) electrons. The lowest BCUT2D eigenvalue weighted by Gasteiger charge is -2.36. The lowest BCUT2D eigenvalue weighted by Crippen LogP contribution is -2.34. The second-order valence-electron chi connectivity index (χ2n) is 5.26. The molecule has 1 aliphatic carbocycles. The molecule has 1 aliphatic rings. The Morgan fingerprint density at radius 1 is 1.50 bits per heavy atom. The van der Waals surface area contributed by atoms with Crippen molar-refractivity contribution in [3.05, 3.63) is 48.2 Å². The van der Waals surface area contributed by atoms with Crippen LogP contribution in [-0.4, -0.2) is 17.8 Å². The lowest BCUT2D eigenvalue weighted by molar-refractivity contribution is 0.289. The summed E-state index contributed by atoms with van der Waals surface area (Å²) in [5.74, 6) is 1.52. The molecule has 0 unspecified atom stereocenters. The minimum absolute atomic E-state index is 0.224. The van der Waals surface area contributed by atoms with Gasteiger partial charge in [0.15, 0.2) is 0 Å². The number of hydrogen-bond acceptors (Lipinski definition) is 1. The van der Waals surface area contributed by atoms with Crippen LogP contribution in [0.5, 0.6) is 0 Å². The van der Waals surface area contributed by atoms with Crippen LogP contribution in [0.4, 0.5) is 0 Å². The Balaban J connectivity index is 2.30. The molecule has 2 nitrogen and oxygen atoms in total. The zero-order chi connectivity index (χ0) is 13.1. The van der Waals surface area contributed by atoms with Gasteiger partial charge in [-0.05, 0) is 37.4 Å². The van der Waals surface area contributed by atoms with E-state index in [1.807, 2.05) is 11.9 Å². The van der Waals surface area contributed by atoms with Gasteiger partial charge in [-0.1, -0.05) is 42.8 Å². The van der Waals surface area contributed by atoms with Crippen molar-refractivity contribution in [1.82, 2.24) is 4.90 Å². The number of aryl methyl sites for hydroxylation is 1. The summed E-state index contributed by atoms with van der Waals surface area (Å²) >= 11 is 0. The topological polar surface area (TPSA) is 27.1 Å². The van der Waals surface area contributed by atoms with Gasteiger partial charge in [-0.2, -0.15) is 0 Å². The maximum Gasteiger partial charge on any atom is 0.107 e. The predicted octanol–water partition coefficient (Wildman–Crippen LogP) is 3.93. The number of hydrogen-bond donors (Lipinski definition) is 1. The molecule has 1 N–H and O–H groups in total. The lowest BCUT2D eigenvalue weighted by atomic mass is 9.72. The highest BCUT2D eigenvalue weighted by Crippen LogP contribution is 2.40. The van der Waals surface area contributed by atoms with Gasteiger partial charge in [0.05, 0.1) is 0 Å². The first-order chi connectivity index (χ1) is 8.63. The van der Waals surface area contributed by atoms with Gasteiger partial charge in [-0.25, -0.2) is 0 Å². The Bertz CT molecular complexity index is 446.